The molecular weight excluding hydrogens is 398 g/mol. The van der Waals surface area contributed by atoms with E-state index in [4.69, 9.17) is 4.42 Å². The number of anilines is 2. The lowest BCUT2D eigenvalue weighted by Crippen LogP contribution is -2.01. The summed E-state index contributed by atoms with van der Waals surface area (Å²) >= 11 is 0. The number of nitrogens with zero attached hydrogens (tertiary/aromatic N) is 4. The second-order valence-corrected chi connectivity index (χ2v) is 7.62. The highest BCUT2D eigenvalue weighted by atomic mass is 16.3. The van der Waals surface area contributed by atoms with E-state index in [1.807, 2.05) is 59.4 Å². The Kier molecular flexibility index (Phi) is 4.39. The van der Waals surface area contributed by atoms with Gasteiger partial charge in [-0.05, 0) is 48.0 Å². The van der Waals surface area contributed by atoms with Crippen LogP contribution in [0.2, 0.25) is 0 Å². The molecule has 0 saturated carbocycles. The molecular formula is C26H19N5O. The fourth-order valence-electron chi connectivity index (χ4n) is 3.94. The molecule has 6 heteroatoms. The highest BCUT2D eigenvalue weighted by molar-refractivity contribution is 5.93. The topological polar surface area (TPSA) is 68.8 Å². The Balaban J connectivity index is 1.30. The van der Waals surface area contributed by atoms with Crippen LogP contribution in [0.25, 0.3) is 33.1 Å². The molecule has 0 bridgehead atoms. The third kappa shape index (κ3) is 3.37. The van der Waals surface area contributed by atoms with Crippen LogP contribution in [0.15, 0.2) is 102 Å². The van der Waals surface area contributed by atoms with Crippen LogP contribution in [0.1, 0.15) is 5.56 Å². The van der Waals surface area contributed by atoms with Gasteiger partial charge in [0.05, 0.1) is 30.0 Å². The Bertz CT molecular complexity index is 1520. The Morgan fingerprint density at radius 2 is 1.81 bits per heavy atom. The molecule has 0 spiro atoms. The highest BCUT2D eigenvalue weighted by Gasteiger charge is 2.09. The molecule has 3 heterocycles. The first-order valence-electron chi connectivity index (χ1n) is 10.4. The van der Waals surface area contributed by atoms with E-state index in [-0.39, 0.29) is 0 Å². The Morgan fingerprint density at radius 1 is 0.875 bits per heavy atom. The van der Waals surface area contributed by atoms with Crippen LogP contribution in [0, 0.1) is 0 Å². The number of aromatic nitrogens is 4. The van der Waals surface area contributed by atoms with E-state index >= 15 is 0 Å². The first-order chi connectivity index (χ1) is 15.8. The minimum atomic E-state index is 0.742. The predicted octanol–water partition coefficient (Wildman–Crippen LogP) is 6.03. The van der Waals surface area contributed by atoms with Gasteiger partial charge in [0.2, 0.25) is 0 Å². The molecule has 6 nitrogen and oxygen atoms in total. The summed E-state index contributed by atoms with van der Waals surface area (Å²) in [6, 6.07) is 26.5. The number of nitrogens with one attached hydrogen (secondary N) is 1. The second kappa shape index (κ2) is 7.67. The van der Waals surface area contributed by atoms with Crippen LogP contribution in [-0.4, -0.2) is 19.7 Å². The fourth-order valence-corrected chi connectivity index (χ4v) is 3.94. The highest BCUT2D eigenvalue weighted by Crippen LogP contribution is 2.29. The molecule has 0 amide bonds. The minimum absolute atomic E-state index is 0.742. The van der Waals surface area contributed by atoms with Crippen molar-refractivity contribution in [1.82, 2.24) is 19.7 Å². The van der Waals surface area contributed by atoms with Crippen molar-refractivity contribution in [1.29, 1.82) is 0 Å². The van der Waals surface area contributed by atoms with Crippen LogP contribution in [0.3, 0.4) is 0 Å². The zero-order valence-corrected chi connectivity index (χ0v) is 17.1. The molecule has 3 aromatic heterocycles. The quantitative estimate of drug-likeness (QED) is 0.371. The third-order valence-corrected chi connectivity index (χ3v) is 5.52. The van der Waals surface area contributed by atoms with Gasteiger partial charge in [0.25, 0.3) is 0 Å². The van der Waals surface area contributed by atoms with Crippen molar-refractivity contribution in [3.63, 3.8) is 0 Å². The van der Waals surface area contributed by atoms with E-state index < -0.39 is 0 Å². The van der Waals surface area contributed by atoms with Gasteiger partial charge in [-0.25, -0.2) is 9.97 Å². The zero-order valence-electron chi connectivity index (χ0n) is 17.1. The van der Waals surface area contributed by atoms with Gasteiger partial charge in [0.15, 0.2) is 0 Å². The van der Waals surface area contributed by atoms with Gasteiger partial charge >= 0.3 is 0 Å². The van der Waals surface area contributed by atoms with E-state index in [1.54, 1.807) is 12.6 Å². The summed E-state index contributed by atoms with van der Waals surface area (Å²) in [6.07, 6.45) is 5.15. The van der Waals surface area contributed by atoms with Gasteiger partial charge in [0.1, 0.15) is 17.9 Å². The molecule has 0 aliphatic carbocycles. The summed E-state index contributed by atoms with van der Waals surface area (Å²) in [5.74, 6) is 1.58. The van der Waals surface area contributed by atoms with Gasteiger partial charge in [-0.15, -0.1) is 0 Å². The minimum Gasteiger partial charge on any atom is -0.464 e. The maximum Gasteiger partial charge on any atom is 0.141 e. The van der Waals surface area contributed by atoms with Crippen molar-refractivity contribution in [2.24, 2.45) is 0 Å². The van der Waals surface area contributed by atoms with Gasteiger partial charge in [-0.3, -0.25) is 4.68 Å². The number of hydrogen-bond donors (Lipinski definition) is 1. The number of fused-ring (bicyclic) bond motifs is 2. The first kappa shape index (κ1) is 18.3. The van der Waals surface area contributed by atoms with Crippen molar-refractivity contribution in [2.75, 3.05) is 5.32 Å². The van der Waals surface area contributed by atoms with Crippen LogP contribution in [0.4, 0.5) is 11.5 Å². The molecule has 6 aromatic rings. The van der Waals surface area contributed by atoms with Crippen LogP contribution in [0.5, 0.6) is 0 Å². The maximum atomic E-state index is 5.51. The molecule has 0 saturated heterocycles. The number of benzene rings is 3. The summed E-state index contributed by atoms with van der Waals surface area (Å²) in [7, 11) is 0. The first-order valence-corrected chi connectivity index (χ1v) is 10.4. The number of furan rings is 1. The SMILES string of the molecule is c1ccc(Cn2ncc3cc(Nc4ncnc5cc(-c6ccco6)ccc45)ccc32)cc1. The summed E-state index contributed by atoms with van der Waals surface area (Å²) in [5.41, 5.74) is 5.11. The van der Waals surface area contributed by atoms with Crippen molar-refractivity contribution in [3.8, 4) is 11.3 Å². The van der Waals surface area contributed by atoms with Crippen molar-refractivity contribution in [2.45, 2.75) is 6.54 Å². The number of rotatable bonds is 5. The lowest BCUT2D eigenvalue weighted by Gasteiger charge is -2.10. The van der Waals surface area contributed by atoms with Gasteiger partial charge in [-0.2, -0.15) is 5.10 Å². The van der Waals surface area contributed by atoms with Gasteiger partial charge < -0.3 is 9.73 Å². The van der Waals surface area contributed by atoms with E-state index in [1.165, 1.54) is 5.56 Å². The Hall–Kier alpha value is -4.45. The third-order valence-electron chi connectivity index (χ3n) is 5.52. The Labute approximate surface area is 184 Å². The number of hydrogen-bond acceptors (Lipinski definition) is 5. The molecule has 0 unspecified atom stereocenters. The maximum absolute atomic E-state index is 5.51. The van der Waals surface area contributed by atoms with E-state index in [2.05, 4.69) is 50.7 Å². The van der Waals surface area contributed by atoms with Crippen LogP contribution < -0.4 is 5.32 Å². The monoisotopic (exact) mass is 417 g/mol. The molecule has 1 N–H and O–H groups in total. The molecule has 0 aliphatic rings. The second-order valence-electron chi connectivity index (χ2n) is 7.62. The van der Waals surface area contributed by atoms with Gasteiger partial charge in [-0.1, -0.05) is 36.4 Å². The van der Waals surface area contributed by atoms with Crippen molar-refractivity contribution >= 4 is 33.3 Å². The lowest BCUT2D eigenvalue weighted by molar-refractivity contribution is 0.582. The fraction of sp³-hybridized carbons (Fsp3) is 0.0385. The largest absolute Gasteiger partial charge is 0.464 e. The average molecular weight is 417 g/mol. The van der Waals surface area contributed by atoms with Crippen LogP contribution in [-0.2, 0) is 6.54 Å². The normalized spacial score (nSPS) is 11.2. The standard InChI is InChI=1S/C26H19N5O/c1-2-5-18(6-3-1)16-31-24-11-9-21(13-20(24)15-29-31)30-26-22-10-8-19(25-7-4-12-32-25)14-23(22)27-17-28-26/h1-15,17H,16H2,(H,27,28,30). The molecule has 0 atom stereocenters. The molecule has 0 fully saturated rings. The predicted molar refractivity (Wildman–Crippen MR) is 126 cm³/mol. The van der Waals surface area contributed by atoms with Crippen LogP contribution >= 0.6 is 0 Å². The molecule has 3 aromatic carbocycles. The summed E-state index contributed by atoms with van der Waals surface area (Å²) < 4.78 is 7.53. The molecule has 32 heavy (non-hydrogen) atoms. The van der Waals surface area contributed by atoms with E-state index in [9.17, 15) is 0 Å². The zero-order chi connectivity index (χ0) is 21.3. The van der Waals surface area contributed by atoms with E-state index in [0.29, 0.717) is 0 Å². The molecule has 0 aliphatic heterocycles. The summed E-state index contributed by atoms with van der Waals surface area (Å²) in [5, 5.41) is 10.0. The summed E-state index contributed by atoms with van der Waals surface area (Å²) in [6.45, 7) is 0.742. The average Bonchev–Trinajstić information content (AvgIpc) is 3.50. The molecule has 6 rings (SSSR count). The lowest BCUT2D eigenvalue weighted by atomic mass is 10.1. The van der Waals surface area contributed by atoms with Crippen molar-refractivity contribution in [3.05, 3.63) is 103 Å². The summed E-state index contributed by atoms with van der Waals surface area (Å²) in [4.78, 5) is 8.91. The molecule has 154 valence electrons. The van der Waals surface area contributed by atoms with Crippen molar-refractivity contribution < 1.29 is 4.42 Å². The van der Waals surface area contributed by atoms with E-state index in [0.717, 1.165) is 51.2 Å². The Morgan fingerprint density at radius 3 is 2.69 bits per heavy atom. The smallest absolute Gasteiger partial charge is 0.141 e. The van der Waals surface area contributed by atoms with Gasteiger partial charge in [0, 0.05) is 22.0 Å². The molecule has 0 radical (unpaired) electrons.